The lowest BCUT2D eigenvalue weighted by molar-refractivity contribution is 0.844. The van der Waals surface area contributed by atoms with E-state index in [2.05, 4.69) is 94.7 Å². The zero-order valence-corrected chi connectivity index (χ0v) is 13.6. The number of hydrogen-bond acceptors (Lipinski definition) is 3. The minimum absolute atomic E-state index is 1.09. The quantitative estimate of drug-likeness (QED) is 0.759. The Kier molecular flexibility index (Phi) is 3.10. The third kappa shape index (κ3) is 2.21. The lowest BCUT2D eigenvalue weighted by atomic mass is 10.0. The van der Waals surface area contributed by atoms with Gasteiger partial charge in [0.25, 0.3) is 0 Å². The van der Waals surface area contributed by atoms with Gasteiger partial charge >= 0.3 is 0 Å². The predicted octanol–water partition coefficient (Wildman–Crippen LogP) is 2.53. The Balaban J connectivity index is 1.83. The van der Waals surface area contributed by atoms with Gasteiger partial charge in [-0.3, -0.25) is 10.9 Å². The summed E-state index contributed by atoms with van der Waals surface area (Å²) in [4.78, 5) is 2.26. The first-order valence-corrected chi connectivity index (χ1v) is 8.39. The molecule has 3 nitrogen and oxygen atoms in total. The van der Waals surface area contributed by atoms with Gasteiger partial charge in [0.05, 0.1) is 17.1 Å². The van der Waals surface area contributed by atoms with E-state index in [4.69, 9.17) is 0 Å². The van der Waals surface area contributed by atoms with Crippen LogP contribution in [0.1, 0.15) is 5.56 Å². The van der Waals surface area contributed by atoms with E-state index >= 15 is 0 Å². The standard InChI is InChI=1S/C22H17N3/c1-3-9-16(10-4-1)20-22-21(24-23-20)19-14-8-7-11-17(19)15-25(22)18-12-5-2-6-13-18/h1-15,23-24H. The molecule has 0 atom stereocenters. The molecule has 3 heteroatoms. The van der Waals surface area contributed by atoms with Crippen LogP contribution in [0.5, 0.6) is 0 Å². The zero-order chi connectivity index (χ0) is 16.6. The number of nitrogens with one attached hydrogen (secondary N) is 2. The number of anilines is 1. The average molecular weight is 323 g/mol. The molecule has 120 valence electrons. The second-order valence-corrected chi connectivity index (χ2v) is 6.14. The fourth-order valence-electron chi connectivity index (χ4n) is 3.45. The Labute approximate surface area is 146 Å². The number of nitrogens with zero attached hydrogens (tertiary/aromatic N) is 1. The largest absolute Gasteiger partial charge is 0.313 e. The second kappa shape index (κ2) is 5.56. The third-order valence-electron chi connectivity index (χ3n) is 4.62. The summed E-state index contributed by atoms with van der Waals surface area (Å²) < 4.78 is 0. The van der Waals surface area contributed by atoms with Crippen LogP contribution in [-0.2, 0) is 0 Å². The molecule has 3 aromatic rings. The van der Waals surface area contributed by atoms with E-state index < -0.39 is 0 Å². The monoisotopic (exact) mass is 323 g/mol. The molecule has 3 aromatic carbocycles. The highest BCUT2D eigenvalue weighted by molar-refractivity contribution is 5.93. The Morgan fingerprint density at radius 1 is 0.600 bits per heavy atom. The van der Waals surface area contributed by atoms with Crippen molar-refractivity contribution >= 4 is 23.3 Å². The molecule has 0 unspecified atom stereocenters. The van der Waals surface area contributed by atoms with Crippen molar-refractivity contribution in [2.24, 2.45) is 0 Å². The second-order valence-electron chi connectivity index (χ2n) is 6.14. The van der Waals surface area contributed by atoms with Gasteiger partial charge in [-0.15, -0.1) is 0 Å². The molecule has 0 amide bonds. The Bertz CT molecular complexity index is 1080. The van der Waals surface area contributed by atoms with Crippen LogP contribution in [0.25, 0.3) is 17.6 Å². The van der Waals surface area contributed by atoms with Crippen LogP contribution >= 0.6 is 0 Å². The van der Waals surface area contributed by atoms with E-state index in [-0.39, 0.29) is 0 Å². The molecule has 2 heterocycles. The molecular formula is C22H17N3. The number of para-hydroxylation sites is 1. The summed E-state index contributed by atoms with van der Waals surface area (Å²) in [6, 6.07) is 29.4. The molecule has 2 N–H and O–H groups in total. The van der Waals surface area contributed by atoms with Crippen LogP contribution in [0.4, 0.5) is 5.69 Å². The van der Waals surface area contributed by atoms with Crippen LogP contribution in [0.2, 0.25) is 0 Å². The summed E-state index contributed by atoms with van der Waals surface area (Å²) in [6.45, 7) is 0. The molecule has 2 aliphatic rings. The number of hydrazine groups is 1. The molecule has 2 aliphatic heterocycles. The van der Waals surface area contributed by atoms with Crippen LogP contribution in [-0.4, -0.2) is 0 Å². The maximum atomic E-state index is 3.39. The molecule has 5 rings (SSSR count). The molecule has 0 saturated carbocycles. The minimum atomic E-state index is 1.09. The highest BCUT2D eigenvalue weighted by Crippen LogP contribution is 2.32. The normalized spacial score (nSPS) is 15.0. The van der Waals surface area contributed by atoms with Crippen molar-refractivity contribution in [3.63, 3.8) is 0 Å². The average Bonchev–Trinajstić information content (AvgIpc) is 3.14. The summed E-state index contributed by atoms with van der Waals surface area (Å²) in [5.41, 5.74) is 12.4. The maximum Gasteiger partial charge on any atom is 0.0972 e. The third-order valence-corrected chi connectivity index (χ3v) is 4.62. The van der Waals surface area contributed by atoms with E-state index in [0.29, 0.717) is 0 Å². The van der Waals surface area contributed by atoms with Gasteiger partial charge in [0.2, 0.25) is 0 Å². The van der Waals surface area contributed by atoms with E-state index in [9.17, 15) is 0 Å². The summed E-state index contributed by atoms with van der Waals surface area (Å²) in [6.07, 6.45) is 2.21. The van der Waals surface area contributed by atoms with Crippen molar-refractivity contribution in [2.45, 2.75) is 0 Å². The molecule has 0 saturated heterocycles. The van der Waals surface area contributed by atoms with Crippen molar-refractivity contribution in [1.82, 2.24) is 10.9 Å². The SMILES string of the molecule is C1=c2ccccc2=C2NNC(c3ccccc3)=C2N1c1ccccc1. The highest BCUT2D eigenvalue weighted by atomic mass is 15.4. The van der Waals surface area contributed by atoms with Crippen molar-refractivity contribution in [1.29, 1.82) is 0 Å². The van der Waals surface area contributed by atoms with Crippen molar-refractivity contribution in [3.05, 3.63) is 107 Å². The van der Waals surface area contributed by atoms with Gasteiger partial charge in [0, 0.05) is 27.9 Å². The molecule has 0 fully saturated rings. The van der Waals surface area contributed by atoms with Crippen LogP contribution in [0, 0.1) is 0 Å². The van der Waals surface area contributed by atoms with E-state index in [1.54, 1.807) is 0 Å². The summed E-state index contributed by atoms with van der Waals surface area (Å²) in [7, 11) is 0. The van der Waals surface area contributed by atoms with Gasteiger partial charge < -0.3 is 4.90 Å². The first-order chi connectivity index (χ1) is 12.4. The van der Waals surface area contributed by atoms with Crippen molar-refractivity contribution < 1.29 is 0 Å². The summed E-state index contributed by atoms with van der Waals surface area (Å²) in [5.74, 6) is 0. The van der Waals surface area contributed by atoms with Gasteiger partial charge in [0.1, 0.15) is 0 Å². The first kappa shape index (κ1) is 13.9. The topological polar surface area (TPSA) is 27.3 Å². The van der Waals surface area contributed by atoms with E-state index in [0.717, 1.165) is 28.3 Å². The molecule has 0 bridgehead atoms. The summed E-state index contributed by atoms with van der Waals surface area (Å²) >= 11 is 0. The van der Waals surface area contributed by atoms with Crippen LogP contribution in [0.3, 0.4) is 0 Å². The first-order valence-electron chi connectivity index (χ1n) is 8.39. The van der Waals surface area contributed by atoms with Gasteiger partial charge in [-0.1, -0.05) is 72.8 Å². The van der Waals surface area contributed by atoms with Crippen LogP contribution in [0.15, 0.2) is 90.6 Å². The predicted molar refractivity (Wildman–Crippen MR) is 102 cm³/mol. The van der Waals surface area contributed by atoms with Crippen molar-refractivity contribution in [2.75, 3.05) is 4.90 Å². The molecule has 0 radical (unpaired) electrons. The molecule has 25 heavy (non-hydrogen) atoms. The Morgan fingerprint density at radius 3 is 2.04 bits per heavy atom. The molecule has 0 aromatic heterocycles. The number of fused-ring (bicyclic) bond motifs is 2. The van der Waals surface area contributed by atoms with Crippen molar-refractivity contribution in [3.8, 4) is 0 Å². The zero-order valence-electron chi connectivity index (χ0n) is 13.6. The Morgan fingerprint density at radius 2 is 1.24 bits per heavy atom. The highest BCUT2D eigenvalue weighted by Gasteiger charge is 2.28. The Hall–Kier alpha value is -3.46. The molecular weight excluding hydrogens is 306 g/mol. The molecule has 0 spiro atoms. The smallest absolute Gasteiger partial charge is 0.0972 e. The van der Waals surface area contributed by atoms with Gasteiger partial charge in [-0.05, 0) is 12.1 Å². The number of benzene rings is 3. The summed E-state index contributed by atoms with van der Waals surface area (Å²) in [5, 5.41) is 2.41. The number of rotatable bonds is 2. The fourth-order valence-corrected chi connectivity index (χ4v) is 3.45. The van der Waals surface area contributed by atoms with Gasteiger partial charge in [0.15, 0.2) is 0 Å². The minimum Gasteiger partial charge on any atom is -0.313 e. The lowest BCUT2D eigenvalue weighted by Gasteiger charge is -2.26. The maximum absolute atomic E-state index is 3.39. The van der Waals surface area contributed by atoms with Gasteiger partial charge in [-0.25, -0.2) is 0 Å². The lowest BCUT2D eigenvalue weighted by Crippen LogP contribution is -2.40. The van der Waals surface area contributed by atoms with E-state index in [1.165, 1.54) is 10.4 Å². The molecule has 0 aliphatic carbocycles. The van der Waals surface area contributed by atoms with Crippen LogP contribution < -0.4 is 26.2 Å². The van der Waals surface area contributed by atoms with E-state index in [1.807, 2.05) is 12.1 Å². The number of hydrogen-bond donors (Lipinski definition) is 2. The van der Waals surface area contributed by atoms with Gasteiger partial charge in [-0.2, -0.15) is 0 Å². The fraction of sp³-hybridized carbons (Fsp3) is 0.